The molecule has 0 radical (unpaired) electrons. The molecule has 0 unspecified atom stereocenters. The molecule has 27 heavy (non-hydrogen) atoms. The lowest BCUT2D eigenvalue weighted by atomic mass is 9.77. The molecule has 1 aromatic carbocycles. The van der Waals surface area contributed by atoms with Gasteiger partial charge in [-0.25, -0.2) is 4.39 Å². The molecule has 1 fully saturated rings. The minimum Gasteiger partial charge on any atom is -0.202 e. The van der Waals surface area contributed by atoms with E-state index < -0.39 is 17.7 Å². The zero-order valence-corrected chi connectivity index (χ0v) is 15.6. The lowest BCUT2D eigenvalue weighted by Gasteiger charge is -2.28. The van der Waals surface area contributed by atoms with Crippen LogP contribution in [0.15, 0.2) is 30.3 Å². The average Bonchev–Trinajstić information content (AvgIpc) is 2.69. The van der Waals surface area contributed by atoms with Crippen LogP contribution >= 0.6 is 0 Å². The van der Waals surface area contributed by atoms with E-state index in [2.05, 4.69) is 35.9 Å². The van der Waals surface area contributed by atoms with Crippen molar-refractivity contribution in [3.63, 3.8) is 0 Å². The van der Waals surface area contributed by atoms with Crippen molar-refractivity contribution in [2.45, 2.75) is 57.8 Å². The Kier molecular flexibility index (Phi) is 6.55. The maximum absolute atomic E-state index is 13.5. The van der Waals surface area contributed by atoms with Gasteiger partial charge in [0.2, 0.25) is 5.95 Å². The van der Waals surface area contributed by atoms with Crippen LogP contribution in [0, 0.1) is 35.5 Å². The van der Waals surface area contributed by atoms with Crippen molar-refractivity contribution in [1.29, 1.82) is 0 Å². The summed E-state index contributed by atoms with van der Waals surface area (Å²) in [5.41, 5.74) is 1.78. The number of halogens is 3. The van der Waals surface area contributed by atoms with Gasteiger partial charge in [-0.15, -0.1) is 0 Å². The van der Waals surface area contributed by atoms with E-state index in [-0.39, 0.29) is 5.56 Å². The molecule has 0 spiro atoms. The Bertz CT molecular complexity index is 825. The molecule has 1 aliphatic carbocycles. The zero-order valence-electron chi connectivity index (χ0n) is 15.6. The van der Waals surface area contributed by atoms with Crippen LogP contribution in [0.1, 0.15) is 74.5 Å². The summed E-state index contributed by atoms with van der Waals surface area (Å²) in [6.45, 7) is 2.24. The highest BCUT2D eigenvalue weighted by Crippen LogP contribution is 2.37. The normalized spacial score (nSPS) is 19.4. The Hall–Kier alpha value is -2.28. The summed E-state index contributed by atoms with van der Waals surface area (Å²) in [5.74, 6) is 3.04. The molecule has 0 saturated heterocycles. The second-order valence-electron chi connectivity index (χ2n) is 7.33. The fourth-order valence-electron chi connectivity index (χ4n) is 3.79. The second kappa shape index (κ2) is 9.08. The molecule has 0 bridgehead atoms. The predicted molar refractivity (Wildman–Crippen MR) is 101 cm³/mol. The zero-order chi connectivity index (χ0) is 19.2. The molecule has 1 aromatic heterocycles. The highest BCUT2D eigenvalue weighted by Gasteiger charge is 2.21. The van der Waals surface area contributed by atoms with Gasteiger partial charge in [0.05, 0.1) is 5.56 Å². The Morgan fingerprint density at radius 2 is 1.67 bits per heavy atom. The van der Waals surface area contributed by atoms with E-state index in [4.69, 9.17) is 0 Å². The topological polar surface area (TPSA) is 12.9 Å². The fraction of sp³-hybridized carbons (Fsp3) is 0.435. The quantitative estimate of drug-likeness (QED) is 0.450. The summed E-state index contributed by atoms with van der Waals surface area (Å²) in [7, 11) is 0. The summed E-state index contributed by atoms with van der Waals surface area (Å²) in [6, 6.07) is 8.67. The smallest absolute Gasteiger partial charge is 0.202 e. The molecule has 4 heteroatoms. The number of unbranched alkanes of at least 4 members (excludes halogenated alkanes) is 1. The van der Waals surface area contributed by atoms with E-state index in [1.165, 1.54) is 50.5 Å². The van der Waals surface area contributed by atoms with Gasteiger partial charge in [-0.1, -0.05) is 50.2 Å². The molecule has 142 valence electrons. The number of hydrogen-bond acceptors (Lipinski definition) is 1. The van der Waals surface area contributed by atoms with E-state index in [1.807, 2.05) is 12.1 Å². The first-order chi connectivity index (χ1) is 13.1. The number of pyridine rings is 1. The third kappa shape index (κ3) is 5.13. The largest absolute Gasteiger partial charge is 0.251 e. The monoisotopic (exact) mass is 371 g/mol. The summed E-state index contributed by atoms with van der Waals surface area (Å²) < 4.78 is 39.6. The maximum Gasteiger partial charge on any atom is 0.251 e. The van der Waals surface area contributed by atoms with Crippen LogP contribution in [0.2, 0.25) is 0 Å². The lowest BCUT2D eigenvalue weighted by molar-refractivity contribution is 0.304. The highest BCUT2D eigenvalue weighted by atomic mass is 19.2. The van der Waals surface area contributed by atoms with Gasteiger partial charge in [-0.05, 0) is 61.3 Å². The molecule has 0 atom stereocenters. The Labute approximate surface area is 159 Å². The van der Waals surface area contributed by atoms with Crippen LogP contribution in [-0.4, -0.2) is 4.98 Å². The van der Waals surface area contributed by atoms with E-state index in [0.29, 0.717) is 11.5 Å². The first-order valence-electron chi connectivity index (χ1n) is 9.70. The van der Waals surface area contributed by atoms with Gasteiger partial charge < -0.3 is 0 Å². The minimum absolute atomic E-state index is 0.247. The summed E-state index contributed by atoms with van der Waals surface area (Å²) in [4.78, 5) is 2.87. The van der Waals surface area contributed by atoms with Crippen LogP contribution in [0.5, 0.6) is 0 Å². The number of benzene rings is 1. The van der Waals surface area contributed by atoms with E-state index in [9.17, 15) is 13.2 Å². The van der Waals surface area contributed by atoms with Crippen molar-refractivity contribution in [2.75, 3.05) is 0 Å². The molecule has 1 saturated carbocycles. The molecule has 3 rings (SSSR count). The van der Waals surface area contributed by atoms with Gasteiger partial charge in [0.1, 0.15) is 0 Å². The summed E-state index contributed by atoms with van der Waals surface area (Å²) >= 11 is 0. The van der Waals surface area contributed by atoms with Gasteiger partial charge in [-0.2, -0.15) is 13.8 Å². The van der Waals surface area contributed by atoms with Crippen molar-refractivity contribution in [1.82, 2.24) is 4.98 Å². The van der Waals surface area contributed by atoms with Gasteiger partial charge in [-0.3, -0.25) is 0 Å². The van der Waals surface area contributed by atoms with Crippen LogP contribution in [0.4, 0.5) is 13.2 Å². The first-order valence-corrected chi connectivity index (χ1v) is 9.70. The minimum atomic E-state index is -1.45. The van der Waals surface area contributed by atoms with Crippen LogP contribution in [0.25, 0.3) is 0 Å². The van der Waals surface area contributed by atoms with Crippen molar-refractivity contribution >= 4 is 0 Å². The van der Waals surface area contributed by atoms with E-state index in [0.717, 1.165) is 12.0 Å². The van der Waals surface area contributed by atoms with Gasteiger partial charge in [0, 0.05) is 5.56 Å². The third-order valence-corrected chi connectivity index (χ3v) is 5.42. The van der Waals surface area contributed by atoms with Gasteiger partial charge in [0.25, 0.3) is 5.95 Å². The molecule has 1 aliphatic rings. The summed E-state index contributed by atoms with van der Waals surface area (Å²) in [6.07, 6.45) is 9.01. The Morgan fingerprint density at radius 1 is 0.963 bits per heavy atom. The van der Waals surface area contributed by atoms with Crippen LogP contribution in [-0.2, 0) is 0 Å². The maximum atomic E-state index is 13.5. The lowest BCUT2D eigenvalue weighted by Crippen LogP contribution is -2.13. The first kappa shape index (κ1) is 19.5. The summed E-state index contributed by atoms with van der Waals surface area (Å²) in [5, 5.41) is 0. The average molecular weight is 371 g/mol. The standard InChI is InChI=1S/C23H24F3N/c1-2-3-4-16-5-10-18(11-6-16)19-12-7-17(8-13-19)9-14-20-15-21(24)23(26)27-22(20)25/h7-8,12-13,15-16,18H,2-6,10-11H2,1H3/t16-,18-. The Morgan fingerprint density at radius 3 is 2.33 bits per heavy atom. The number of rotatable bonds is 4. The van der Waals surface area contributed by atoms with Crippen molar-refractivity contribution < 1.29 is 13.2 Å². The van der Waals surface area contributed by atoms with E-state index in [1.54, 1.807) is 0 Å². The van der Waals surface area contributed by atoms with Crippen molar-refractivity contribution in [2.24, 2.45) is 5.92 Å². The Balaban J connectivity index is 1.63. The van der Waals surface area contributed by atoms with Gasteiger partial charge in [0.15, 0.2) is 5.82 Å². The molecule has 2 aromatic rings. The molecule has 1 heterocycles. The molecule has 0 N–H and O–H groups in total. The molecular weight excluding hydrogens is 347 g/mol. The molecule has 1 nitrogen and oxygen atoms in total. The fourth-order valence-corrected chi connectivity index (χ4v) is 3.79. The molecule has 0 amide bonds. The van der Waals surface area contributed by atoms with Crippen molar-refractivity contribution in [3.05, 3.63) is 64.7 Å². The van der Waals surface area contributed by atoms with E-state index >= 15 is 0 Å². The molecular formula is C23H24F3N. The van der Waals surface area contributed by atoms with Crippen LogP contribution < -0.4 is 0 Å². The second-order valence-corrected chi connectivity index (χ2v) is 7.33. The van der Waals surface area contributed by atoms with Gasteiger partial charge >= 0.3 is 0 Å². The SMILES string of the molecule is CCCC[C@H]1CC[C@H](c2ccc(C#Cc3cc(F)c(F)nc3F)cc2)CC1. The highest BCUT2D eigenvalue weighted by molar-refractivity contribution is 5.43. The third-order valence-electron chi connectivity index (χ3n) is 5.42. The van der Waals surface area contributed by atoms with Crippen molar-refractivity contribution in [3.8, 4) is 11.8 Å². The molecule has 0 aliphatic heterocycles. The predicted octanol–water partition coefficient (Wildman–Crippen LogP) is 6.36. The number of aromatic nitrogens is 1. The number of nitrogens with zero attached hydrogens (tertiary/aromatic N) is 1. The number of hydrogen-bond donors (Lipinski definition) is 0. The van der Waals surface area contributed by atoms with Crippen LogP contribution in [0.3, 0.4) is 0 Å².